The Morgan fingerprint density at radius 3 is 2.62 bits per heavy atom. The highest BCUT2D eigenvalue weighted by Gasteiger charge is 2.29. The zero-order valence-electron chi connectivity index (χ0n) is 16.6. The number of aryl methyl sites for hydroxylation is 2. The van der Waals surface area contributed by atoms with Crippen molar-refractivity contribution in [1.29, 1.82) is 0 Å². The van der Waals surface area contributed by atoms with E-state index in [1.807, 2.05) is 0 Å². The van der Waals surface area contributed by atoms with E-state index < -0.39 is 0 Å². The first-order valence-electron chi connectivity index (χ1n) is 10.1. The quantitative estimate of drug-likeness (QED) is 0.373. The molecule has 3 nitrogen and oxygen atoms in total. The van der Waals surface area contributed by atoms with E-state index in [1.54, 1.807) is 0 Å². The summed E-state index contributed by atoms with van der Waals surface area (Å²) in [5.74, 6) is 1.23. The average molecular weight is 376 g/mol. The van der Waals surface area contributed by atoms with Gasteiger partial charge in [0.25, 0.3) is 5.82 Å². The molecule has 0 unspecified atom stereocenters. The molecule has 0 saturated carbocycles. The molecule has 3 aromatic heterocycles. The van der Waals surface area contributed by atoms with Crippen molar-refractivity contribution in [3.63, 3.8) is 0 Å². The van der Waals surface area contributed by atoms with Crippen molar-refractivity contribution in [3.8, 4) is 28.2 Å². The number of fused-ring (bicyclic) bond motifs is 4. The SMILES string of the molecule is Cc1ccc2c(c1-c1n(-c3ccccc3)cc[n+]1C)Cc1cc3cccn3cc1-2. The second-order valence-corrected chi connectivity index (χ2v) is 7.95. The van der Waals surface area contributed by atoms with Crippen LogP contribution in [0.4, 0.5) is 0 Å². The van der Waals surface area contributed by atoms with Gasteiger partial charge in [-0.3, -0.25) is 0 Å². The molecule has 0 amide bonds. The predicted molar refractivity (Wildman–Crippen MR) is 116 cm³/mol. The number of pyridine rings is 1. The summed E-state index contributed by atoms with van der Waals surface area (Å²) in [7, 11) is 2.14. The van der Waals surface area contributed by atoms with E-state index in [4.69, 9.17) is 0 Å². The molecule has 3 heterocycles. The average Bonchev–Trinajstić information content (AvgIpc) is 3.43. The number of hydrogen-bond acceptors (Lipinski definition) is 0. The van der Waals surface area contributed by atoms with Crippen LogP contribution in [0.15, 0.2) is 85.5 Å². The number of benzene rings is 2. The number of hydrogen-bond donors (Lipinski definition) is 0. The molecule has 0 fully saturated rings. The molecule has 0 bridgehead atoms. The van der Waals surface area contributed by atoms with Crippen LogP contribution < -0.4 is 4.57 Å². The van der Waals surface area contributed by atoms with E-state index in [0.717, 1.165) is 6.42 Å². The van der Waals surface area contributed by atoms with Crippen LogP contribution in [-0.2, 0) is 13.5 Å². The Kier molecular flexibility index (Phi) is 3.36. The summed E-state index contributed by atoms with van der Waals surface area (Å²) >= 11 is 0. The van der Waals surface area contributed by atoms with Gasteiger partial charge in [0.15, 0.2) is 0 Å². The number of nitrogens with zero attached hydrogens (tertiary/aromatic N) is 3. The molecule has 0 radical (unpaired) electrons. The van der Waals surface area contributed by atoms with Crippen LogP contribution in [0.25, 0.3) is 33.7 Å². The number of rotatable bonds is 2. The molecule has 0 N–H and O–H groups in total. The molecule has 3 heteroatoms. The predicted octanol–water partition coefficient (Wildman–Crippen LogP) is 5.10. The number of aromatic nitrogens is 3. The molecule has 0 aliphatic heterocycles. The Balaban J connectivity index is 1.61. The van der Waals surface area contributed by atoms with Gasteiger partial charge in [-0.1, -0.05) is 30.3 Å². The van der Waals surface area contributed by atoms with Crippen LogP contribution in [0.2, 0.25) is 0 Å². The number of para-hydroxylation sites is 1. The first-order chi connectivity index (χ1) is 14.2. The first-order valence-corrected chi connectivity index (χ1v) is 10.1. The molecular weight excluding hydrogens is 354 g/mol. The van der Waals surface area contributed by atoms with Crippen LogP contribution in [-0.4, -0.2) is 8.97 Å². The van der Waals surface area contributed by atoms with Crippen LogP contribution in [0.3, 0.4) is 0 Å². The summed E-state index contributed by atoms with van der Waals surface area (Å²) in [5.41, 5.74) is 10.7. The minimum Gasteiger partial charge on any atom is -0.323 e. The van der Waals surface area contributed by atoms with Gasteiger partial charge in [-0.15, -0.1) is 0 Å². The van der Waals surface area contributed by atoms with Crippen LogP contribution in [0.5, 0.6) is 0 Å². The monoisotopic (exact) mass is 376 g/mol. The minimum atomic E-state index is 0.976. The standard InChI is InChI=1S/C26H22N3/c1-18-10-11-22-23(16-19-15-21-9-6-12-28(21)17-24(19)22)25(18)26-27(2)13-14-29(26)20-7-4-3-5-8-20/h3-15,17H,16H2,1-2H3/q+1. The molecule has 5 aromatic rings. The van der Waals surface area contributed by atoms with Gasteiger partial charge in [0.2, 0.25) is 0 Å². The van der Waals surface area contributed by atoms with Crippen molar-refractivity contribution in [1.82, 2.24) is 8.97 Å². The smallest absolute Gasteiger partial charge is 0.294 e. The molecule has 1 aliphatic rings. The molecule has 2 aromatic carbocycles. The van der Waals surface area contributed by atoms with Crippen molar-refractivity contribution < 1.29 is 4.57 Å². The lowest BCUT2D eigenvalue weighted by Gasteiger charge is -2.11. The maximum absolute atomic E-state index is 2.34. The van der Waals surface area contributed by atoms with E-state index in [9.17, 15) is 0 Å². The van der Waals surface area contributed by atoms with Gasteiger partial charge in [-0.25, -0.2) is 4.57 Å². The van der Waals surface area contributed by atoms with Crippen LogP contribution >= 0.6 is 0 Å². The highest BCUT2D eigenvalue weighted by atomic mass is 15.1. The molecule has 0 spiro atoms. The topological polar surface area (TPSA) is 13.2 Å². The summed E-state index contributed by atoms with van der Waals surface area (Å²) in [6.07, 6.45) is 9.70. The fraction of sp³-hybridized carbons (Fsp3) is 0.115. The normalized spacial score (nSPS) is 12.3. The Morgan fingerprint density at radius 1 is 0.897 bits per heavy atom. The Bertz CT molecular complexity index is 1390. The second kappa shape index (κ2) is 5.95. The third-order valence-corrected chi connectivity index (χ3v) is 6.19. The van der Waals surface area contributed by atoms with Gasteiger partial charge in [0.05, 0.1) is 12.6 Å². The Morgan fingerprint density at radius 2 is 1.76 bits per heavy atom. The van der Waals surface area contributed by atoms with E-state index >= 15 is 0 Å². The first kappa shape index (κ1) is 16.4. The summed E-state index contributed by atoms with van der Waals surface area (Å²) < 4.78 is 6.76. The van der Waals surface area contributed by atoms with Crippen molar-refractivity contribution in [3.05, 3.63) is 102 Å². The lowest BCUT2D eigenvalue weighted by Crippen LogP contribution is -2.29. The van der Waals surface area contributed by atoms with Gasteiger partial charge in [-0.2, -0.15) is 4.57 Å². The van der Waals surface area contributed by atoms with Gasteiger partial charge in [0, 0.05) is 23.5 Å². The lowest BCUT2D eigenvalue weighted by atomic mass is 9.96. The molecule has 140 valence electrons. The highest BCUT2D eigenvalue weighted by Crippen LogP contribution is 2.43. The van der Waals surface area contributed by atoms with Crippen LogP contribution in [0.1, 0.15) is 16.7 Å². The zero-order chi connectivity index (χ0) is 19.5. The Labute approximate surface area is 170 Å². The summed E-state index contributed by atoms with van der Waals surface area (Å²) in [6, 6.07) is 21.8. The zero-order valence-corrected chi connectivity index (χ0v) is 16.6. The molecule has 0 saturated heterocycles. The molecular formula is C26H22N3+. The maximum Gasteiger partial charge on any atom is 0.294 e. The highest BCUT2D eigenvalue weighted by molar-refractivity contribution is 5.85. The third-order valence-electron chi connectivity index (χ3n) is 6.19. The molecule has 0 atom stereocenters. The lowest BCUT2D eigenvalue weighted by molar-refractivity contribution is -0.659. The maximum atomic E-state index is 2.34. The Hall–Kier alpha value is -3.59. The number of imidazole rings is 1. The van der Waals surface area contributed by atoms with Gasteiger partial charge >= 0.3 is 0 Å². The largest absolute Gasteiger partial charge is 0.323 e. The van der Waals surface area contributed by atoms with Gasteiger partial charge in [0.1, 0.15) is 18.1 Å². The summed E-state index contributed by atoms with van der Waals surface area (Å²) in [4.78, 5) is 0. The van der Waals surface area contributed by atoms with Crippen molar-refractivity contribution in [2.75, 3.05) is 0 Å². The van der Waals surface area contributed by atoms with Crippen molar-refractivity contribution in [2.45, 2.75) is 13.3 Å². The summed E-state index contributed by atoms with van der Waals surface area (Å²) in [6.45, 7) is 2.23. The van der Waals surface area contributed by atoms with E-state index in [0.29, 0.717) is 0 Å². The summed E-state index contributed by atoms with van der Waals surface area (Å²) in [5, 5.41) is 0. The minimum absolute atomic E-state index is 0.976. The molecule has 6 rings (SSSR count). The van der Waals surface area contributed by atoms with Crippen molar-refractivity contribution >= 4 is 5.52 Å². The molecule has 29 heavy (non-hydrogen) atoms. The third kappa shape index (κ3) is 2.34. The van der Waals surface area contributed by atoms with Gasteiger partial charge < -0.3 is 4.40 Å². The van der Waals surface area contributed by atoms with E-state index in [-0.39, 0.29) is 0 Å². The fourth-order valence-electron chi connectivity index (χ4n) is 4.79. The second-order valence-electron chi connectivity index (χ2n) is 7.95. The van der Waals surface area contributed by atoms with Gasteiger partial charge in [-0.05, 0) is 65.9 Å². The fourth-order valence-corrected chi connectivity index (χ4v) is 4.79. The molecule has 1 aliphatic carbocycles. The van der Waals surface area contributed by atoms with Crippen LogP contribution in [0, 0.1) is 6.92 Å². The van der Waals surface area contributed by atoms with E-state index in [1.165, 1.54) is 50.4 Å². The van der Waals surface area contributed by atoms with E-state index in [2.05, 4.69) is 113 Å². The van der Waals surface area contributed by atoms with Crippen molar-refractivity contribution in [2.24, 2.45) is 7.05 Å².